The summed E-state index contributed by atoms with van der Waals surface area (Å²) in [5.41, 5.74) is 1.37. The zero-order valence-electron chi connectivity index (χ0n) is 10.6. The number of rotatable bonds is 3. The highest BCUT2D eigenvalue weighted by atomic mass is 16.3. The van der Waals surface area contributed by atoms with Crippen molar-refractivity contribution < 1.29 is 9.90 Å². The molecule has 18 heavy (non-hydrogen) atoms. The molecular formula is C14H20N2O2. The van der Waals surface area contributed by atoms with Crippen LogP contribution in [0.15, 0.2) is 24.3 Å². The first-order valence-corrected chi connectivity index (χ1v) is 6.45. The molecule has 1 heterocycles. The first-order chi connectivity index (χ1) is 8.70. The summed E-state index contributed by atoms with van der Waals surface area (Å²) < 4.78 is 0. The molecule has 4 nitrogen and oxygen atoms in total. The van der Waals surface area contributed by atoms with Crippen molar-refractivity contribution >= 4 is 5.91 Å². The molecule has 1 aliphatic heterocycles. The zero-order chi connectivity index (χ0) is 13.0. The first kappa shape index (κ1) is 13.1. The molecule has 0 radical (unpaired) electrons. The van der Waals surface area contributed by atoms with Gasteiger partial charge in [-0.25, -0.2) is 0 Å². The summed E-state index contributed by atoms with van der Waals surface area (Å²) in [7, 11) is 0. The van der Waals surface area contributed by atoms with Gasteiger partial charge in [-0.1, -0.05) is 12.1 Å². The molecule has 0 unspecified atom stereocenters. The Labute approximate surface area is 107 Å². The molecule has 4 heteroatoms. The molecule has 1 saturated heterocycles. The van der Waals surface area contributed by atoms with Crippen molar-refractivity contribution in [1.82, 2.24) is 10.6 Å². The molecule has 0 saturated carbocycles. The van der Waals surface area contributed by atoms with Gasteiger partial charge in [0.1, 0.15) is 0 Å². The largest absolute Gasteiger partial charge is 0.392 e. The van der Waals surface area contributed by atoms with Crippen molar-refractivity contribution in [2.75, 3.05) is 6.54 Å². The highest BCUT2D eigenvalue weighted by Crippen LogP contribution is 2.10. The molecule has 1 fully saturated rings. The van der Waals surface area contributed by atoms with E-state index in [2.05, 4.69) is 17.6 Å². The van der Waals surface area contributed by atoms with E-state index in [-0.39, 0.29) is 18.6 Å². The summed E-state index contributed by atoms with van der Waals surface area (Å²) in [5, 5.41) is 15.5. The minimum atomic E-state index is -0.0640. The maximum absolute atomic E-state index is 12.1. The molecule has 1 aliphatic rings. The molecule has 1 aromatic carbocycles. The third-order valence-corrected chi connectivity index (χ3v) is 3.45. The monoisotopic (exact) mass is 248 g/mol. The van der Waals surface area contributed by atoms with Crippen LogP contribution < -0.4 is 10.6 Å². The van der Waals surface area contributed by atoms with Gasteiger partial charge >= 0.3 is 0 Å². The van der Waals surface area contributed by atoms with Crippen LogP contribution in [0.2, 0.25) is 0 Å². The number of benzene rings is 1. The van der Waals surface area contributed by atoms with Gasteiger partial charge in [-0.2, -0.15) is 0 Å². The lowest BCUT2D eigenvalue weighted by Crippen LogP contribution is -2.51. The molecule has 3 N–H and O–H groups in total. The van der Waals surface area contributed by atoms with Crippen molar-refractivity contribution in [3.63, 3.8) is 0 Å². The van der Waals surface area contributed by atoms with Crippen LogP contribution in [-0.4, -0.2) is 29.6 Å². The summed E-state index contributed by atoms with van der Waals surface area (Å²) in [4.78, 5) is 12.1. The molecule has 2 rings (SSSR count). The number of aliphatic hydroxyl groups excluding tert-OH is 1. The van der Waals surface area contributed by atoms with Crippen molar-refractivity contribution in [2.45, 2.75) is 38.5 Å². The summed E-state index contributed by atoms with van der Waals surface area (Å²) in [5.74, 6) is -0.0640. The van der Waals surface area contributed by atoms with Gasteiger partial charge in [0.25, 0.3) is 5.91 Å². The van der Waals surface area contributed by atoms with E-state index in [0.29, 0.717) is 11.6 Å². The van der Waals surface area contributed by atoms with Gasteiger partial charge < -0.3 is 15.7 Å². The van der Waals surface area contributed by atoms with Gasteiger partial charge in [0.15, 0.2) is 0 Å². The number of hydrogen-bond donors (Lipinski definition) is 3. The average Bonchev–Trinajstić information content (AvgIpc) is 2.41. The van der Waals surface area contributed by atoms with E-state index in [9.17, 15) is 4.79 Å². The van der Waals surface area contributed by atoms with Crippen molar-refractivity contribution in [1.29, 1.82) is 0 Å². The Bertz CT molecular complexity index is 420. The van der Waals surface area contributed by atoms with Crippen LogP contribution in [0.25, 0.3) is 0 Å². The van der Waals surface area contributed by atoms with Gasteiger partial charge in [0, 0.05) is 17.6 Å². The quantitative estimate of drug-likeness (QED) is 0.749. The smallest absolute Gasteiger partial charge is 0.251 e. The van der Waals surface area contributed by atoms with E-state index in [4.69, 9.17) is 5.11 Å². The Hall–Kier alpha value is -1.39. The van der Waals surface area contributed by atoms with Crippen LogP contribution in [0.5, 0.6) is 0 Å². The lowest BCUT2D eigenvalue weighted by molar-refractivity contribution is 0.0919. The number of aliphatic hydroxyl groups is 1. The number of nitrogens with one attached hydrogen (secondary N) is 2. The lowest BCUT2D eigenvalue weighted by atomic mass is 9.99. The van der Waals surface area contributed by atoms with Crippen LogP contribution in [0.3, 0.4) is 0 Å². The molecular weight excluding hydrogens is 228 g/mol. The number of piperidine rings is 1. The highest BCUT2D eigenvalue weighted by Gasteiger charge is 2.22. The summed E-state index contributed by atoms with van der Waals surface area (Å²) in [6, 6.07) is 7.60. The Kier molecular flexibility index (Phi) is 4.33. The van der Waals surface area contributed by atoms with Crippen LogP contribution in [0.4, 0.5) is 0 Å². The van der Waals surface area contributed by atoms with E-state index in [1.165, 1.54) is 0 Å². The zero-order valence-corrected chi connectivity index (χ0v) is 10.6. The third kappa shape index (κ3) is 3.09. The second-order valence-electron chi connectivity index (χ2n) is 4.82. The SMILES string of the molecule is C[C@@H]1NCCC[C@@H]1NC(=O)c1cccc(CO)c1. The van der Waals surface area contributed by atoms with E-state index in [1.807, 2.05) is 6.07 Å². The van der Waals surface area contributed by atoms with Crippen LogP contribution in [0.1, 0.15) is 35.7 Å². The Morgan fingerprint density at radius 3 is 3.11 bits per heavy atom. The molecule has 1 aromatic rings. The van der Waals surface area contributed by atoms with Crippen molar-refractivity contribution in [2.24, 2.45) is 0 Å². The second kappa shape index (κ2) is 5.98. The highest BCUT2D eigenvalue weighted by molar-refractivity contribution is 5.94. The summed E-state index contributed by atoms with van der Waals surface area (Å²) >= 11 is 0. The third-order valence-electron chi connectivity index (χ3n) is 3.45. The van der Waals surface area contributed by atoms with Crippen LogP contribution in [0, 0.1) is 0 Å². The van der Waals surface area contributed by atoms with Gasteiger partial charge in [0.05, 0.1) is 6.61 Å². The standard InChI is InChI=1S/C14H20N2O2/c1-10-13(6-3-7-15-10)16-14(18)12-5-2-4-11(8-12)9-17/h2,4-5,8,10,13,15,17H,3,6-7,9H2,1H3,(H,16,18)/t10-,13-/m0/s1. The maximum Gasteiger partial charge on any atom is 0.251 e. The Morgan fingerprint density at radius 1 is 1.56 bits per heavy atom. The second-order valence-corrected chi connectivity index (χ2v) is 4.82. The van der Waals surface area contributed by atoms with Crippen molar-refractivity contribution in [3.8, 4) is 0 Å². The molecule has 0 bridgehead atoms. The fraction of sp³-hybridized carbons (Fsp3) is 0.500. The van der Waals surface area contributed by atoms with Crippen LogP contribution in [-0.2, 0) is 6.61 Å². The number of carbonyl (C=O) groups is 1. The van der Waals surface area contributed by atoms with Gasteiger partial charge in [-0.15, -0.1) is 0 Å². The fourth-order valence-corrected chi connectivity index (χ4v) is 2.30. The maximum atomic E-state index is 12.1. The normalized spacial score (nSPS) is 23.7. The average molecular weight is 248 g/mol. The predicted octanol–water partition coefficient (Wildman–Crippen LogP) is 1.05. The van der Waals surface area contributed by atoms with E-state index < -0.39 is 0 Å². The Balaban J connectivity index is 2.02. The van der Waals surface area contributed by atoms with Gasteiger partial charge in [-0.05, 0) is 44.0 Å². The first-order valence-electron chi connectivity index (χ1n) is 6.45. The predicted molar refractivity (Wildman–Crippen MR) is 70.3 cm³/mol. The molecule has 0 aromatic heterocycles. The Morgan fingerprint density at radius 2 is 2.39 bits per heavy atom. The van der Waals surface area contributed by atoms with E-state index in [1.54, 1.807) is 18.2 Å². The summed E-state index contributed by atoms with van der Waals surface area (Å²) in [6.07, 6.45) is 2.10. The minimum absolute atomic E-state index is 0.0392. The topological polar surface area (TPSA) is 61.4 Å². The molecule has 0 aliphatic carbocycles. The number of hydrogen-bond acceptors (Lipinski definition) is 3. The lowest BCUT2D eigenvalue weighted by Gasteiger charge is -2.30. The molecule has 2 atom stereocenters. The van der Waals surface area contributed by atoms with Crippen molar-refractivity contribution in [3.05, 3.63) is 35.4 Å². The molecule has 1 amide bonds. The molecule has 0 spiro atoms. The number of carbonyl (C=O) groups excluding carboxylic acids is 1. The fourth-order valence-electron chi connectivity index (χ4n) is 2.30. The minimum Gasteiger partial charge on any atom is -0.392 e. The van der Waals surface area contributed by atoms with E-state index in [0.717, 1.165) is 24.9 Å². The summed E-state index contributed by atoms with van der Waals surface area (Å²) in [6.45, 7) is 3.07. The molecule has 98 valence electrons. The van der Waals surface area contributed by atoms with Gasteiger partial charge in [0.2, 0.25) is 0 Å². The van der Waals surface area contributed by atoms with Gasteiger partial charge in [-0.3, -0.25) is 4.79 Å². The van der Waals surface area contributed by atoms with E-state index >= 15 is 0 Å². The number of amides is 1. The van der Waals surface area contributed by atoms with Crippen LogP contribution >= 0.6 is 0 Å².